The maximum atomic E-state index is 2.39. The molecule has 3 aromatic carbocycles. The third-order valence-corrected chi connectivity index (χ3v) is 6.82. The van der Waals surface area contributed by atoms with Crippen LogP contribution in [0.25, 0.3) is 0 Å². The van der Waals surface area contributed by atoms with E-state index in [4.69, 9.17) is 0 Å². The van der Waals surface area contributed by atoms with E-state index in [-0.39, 0.29) is 0 Å². The Bertz CT molecular complexity index is 773. The first-order valence-electron chi connectivity index (χ1n) is 11.8. The van der Waals surface area contributed by atoms with Gasteiger partial charge in [-0.2, -0.15) is 0 Å². The van der Waals surface area contributed by atoms with E-state index in [0.29, 0.717) is 11.8 Å². The molecule has 0 heteroatoms. The summed E-state index contributed by atoms with van der Waals surface area (Å²) in [6, 6.07) is 31.6. The summed E-state index contributed by atoms with van der Waals surface area (Å²) in [6.07, 6.45) is 4.86. The second-order valence-corrected chi connectivity index (χ2v) is 9.09. The summed E-state index contributed by atoms with van der Waals surface area (Å²) in [4.78, 5) is 0. The van der Waals surface area contributed by atoms with Crippen LogP contribution >= 0.6 is 0 Å². The third kappa shape index (κ3) is 5.85. The zero-order valence-electron chi connectivity index (χ0n) is 19.2. The Labute approximate surface area is 184 Å². The Morgan fingerprint density at radius 2 is 0.767 bits per heavy atom. The van der Waals surface area contributed by atoms with Crippen molar-refractivity contribution in [3.05, 3.63) is 107 Å². The molecule has 0 nitrogen and oxygen atoms in total. The smallest absolute Gasteiger partial charge is 0.00918 e. The molecular formula is C30H38. The lowest BCUT2D eigenvalue weighted by atomic mass is 9.80. The van der Waals surface area contributed by atoms with Gasteiger partial charge in [-0.3, -0.25) is 0 Å². The van der Waals surface area contributed by atoms with Gasteiger partial charge < -0.3 is 0 Å². The van der Waals surface area contributed by atoms with Crippen LogP contribution in [-0.2, 0) is 0 Å². The van der Waals surface area contributed by atoms with Crippen molar-refractivity contribution in [2.24, 2.45) is 11.8 Å². The Kier molecular flexibility index (Phi) is 8.31. The van der Waals surface area contributed by atoms with Crippen molar-refractivity contribution in [2.45, 2.75) is 65.2 Å². The summed E-state index contributed by atoms with van der Waals surface area (Å²) < 4.78 is 0. The fourth-order valence-corrected chi connectivity index (χ4v) is 4.40. The van der Waals surface area contributed by atoms with Gasteiger partial charge in [0.1, 0.15) is 0 Å². The van der Waals surface area contributed by atoms with Crippen LogP contribution in [0.1, 0.15) is 87.5 Å². The monoisotopic (exact) mass is 398 g/mol. The Hall–Kier alpha value is -2.34. The Balaban J connectivity index is 1.91. The van der Waals surface area contributed by atoms with Crippen molar-refractivity contribution in [1.29, 1.82) is 0 Å². The van der Waals surface area contributed by atoms with E-state index < -0.39 is 0 Å². The van der Waals surface area contributed by atoms with Crippen LogP contribution < -0.4 is 0 Å². The average molecular weight is 399 g/mol. The molecule has 3 rings (SSSR count). The van der Waals surface area contributed by atoms with Crippen LogP contribution in [0, 0.1) is 11.8 Å². The number of benzene rings is 3. The SMILES string of the molecule is CCC(C)CC(c1ccccc1)c1ccc(C(CC(C)CC)c2ccccc2)cc1. The lowest BCUT2D eigenvalue weighted by Crippen LogP contribution is -2.09. The van der Waals surface area contributed by atoms with Gasteiger partial charge in [0, 0.05) is 11.8 Å². The van der Waals surface area contributed by atoms with Crippen molar-refractivity contribution < 1.29 is 0 Å². The summed E-state index contributed by atoms with van der Waals surface area (Å²) in [5, 5.41) is 0. The minimum atomic E-state index is 0.472. The molecule has 30 heavy (non-hydrogen) atoms. The van der Waals surface area contributed by atoms with Crippen molar-refractivity contribution in [2.75, 3.05) is 0 Å². The molecule has 3 aromatic rings. The standard InChI is InChI=1S/C30H38/c1-5-23(3)21-29(25-13-9-7-10-14-25)27-17-19-28(20-18-27)30(22-24(4)6-2)26-15-11-8-12-16-26/h7-20,23-24,29-30H,5-6,21-22H2,1-4H3. The van der Waals surface area contributed by atoms with Crippen LogP contribution in [0.2, 0.25) is 0 Å². The molecule has 0 bridgehead atoms. The van der Waals surface area contributed by atoms with Gasteiger partial charge in [-0.05, 0) is 46.9 Å². The van der Waals surface area contributed by atoms with E-state index in [1.54, 1.807) is 0 Å². The highest BCUT2D eigenvalue weighted by Crippen LogP contribution is 2.35. The van der Waals surface area contributed by atoms with Gasteiger partial charge in [0.15, 0.2) is 0 Å². The molecule has 4 unspecified atom stereocenters. The fourth-order valence-electron chi connectivity index (χ4n) is 4.40. The van der Waals surface area contributed by atoms with Crippen molar-refractivity contribution in [3.8, 4) is 0 Å². The second-order valence-electron chi connectivity index (χ2n) is 9.09. The Morgan fingerprint density at radius 3 is 1.07 bits per heavy atom. The van der Waals surface area contributed by atoms with Crippen molar-refractivity contribution >= 4 is 0 Å². The van der Waals surface area contributed by atoms with Gasteiger partial charge in [0.2, 0.25) is 0 Å². The highest BCUT2D eigenvalue weighted by atomic mass is 14.2. The van der Waals surface area contributed by atoms with E-state index in [1.807, 2.05) is 0 Å². The minimum absolute atomic E-state index is 0.472. The van der Waals surface area contributed by atoms with Crippen LogP contribution in [0.4, 0.5) is 0 Å². The maximum absolute atomic E-state index is 2.39. The predicted molar refractivity (Wildman–Crippen MR) is 131 cm³/mol. The molecule has 0 aliphatic rings. The van der Waals surface area contributed by atoms with Gasteiger partial charge in [-0.1, -0.05) is 125 Å². The largest absolute Gasteiger partial charge is 0.0651 e. The van der Waals surface area contributed by atoms with Crippen LogP contribution in [-0.4, -0.2) is 0 Å². The number of rotatable bonds is 10. The molecule has 0 saturated carbocycles. The molecule has 0 saturated heterocycles. The molecule has 0 amide bonds. The first-order valence-corrected chi connectivity index (χ1v) is 11.8. The molecule has 0 spiro atoms. The molecule has 0 fully saturated rings. The zero-order chi connectivity index (χ0) is 21.3. The number of hydrogen-bond acceptors (Lipinski definition) is 0. The molecule has 0 radical (unpaired) electrons. The third-order valence-electron chi connectivity index (χ3n) is 6.82. The first-order chi connectivity index (χ1) is 14.6. The lowest BCUT2D eigenvalue weighted by molar-refractivity contribution is 0.481. The van der Waals surface area contributed by atoms with Gasteiger partial charge in [0.05, 0.1) is 0 Å². The molecule has 4 atom stereocenters. The quantitative estimate of drug-likeness (QED) is 0.320. The molecule has 0 heterocycles. The van der Waals surface area contributed by atoms with Crippen molar-refractivity contribution in [3.63, 3.8) is 0 Å². The summed E-state index contributed by atoms with van der Waals surface area (Å²) in [7, 11) is 0. The van der Waals surface area contributed by atoms with Crippen LogP contribution in [0.15, 0.2) is 84.9 Å². The molecule has 0 aliphatic carbocycles. The van der Waals surface area contributed by atoms with Gasteiger partial charge >= 0.3 is 0 Å². The number of hydrogen-bond donors (Lipinski definition) is 0. The molecular weight excluding hydrogens is 360 g/mol. The van der Waals surface area contributed by atoms with Gasteiger partial charge in [-0.15, -0.1) is 0 Å². The average Bonchev–Trinajstić information content (AvgIpc) is 2.82. The van der Waals surface area contributed by atoms with E-state index in [1.165, 1.54) is 47.9 Å². The van der Waals surface area contributed by atoms with E-state index >= 15 is 0 Å². The van der Waals surface area contributed by atoms with Crippen molar-refractivity contribution in [1.82, 2.24) is 0 Å². The van der Waals surface area contributed by atoms with Gasteiger partial charge in [-0.25, -0.2) is 0 Å². The van der Waals surface area contributed by atoms with E-state index in [9.17, 15) is 0 Å². The zero-order valence-corrected chi connectivity index (χ0v) is 19.2. The first kappa shape index (κ1) is 22.3. The topological polar surface area (TPSA) is 0 Å². The molecule has 0 N–H and O–H groups in total. The van der Waals surface area contributed by atoms with Crippen LogP contribution in [0.5, 0.6) is 0 Å². The fraction of sp³-hybridized carbons (Fsp3) is 0.400. The summed E-state index contributed by atoms with van der Waals surface area (Å²) in [5.41, 5.74) is 5.76. The minimum Gasteiger partial charge on any atom is -0.0651 e. The summed E-state index contributed by atoms with van der Waals surface area (Å²) in [6.45, 7) is 9.36. The molecule has 0 aliphatic heterocycles. The Morgan fingerprint density at radius 1 is 0.467 bits per heavy atom. The highest BCUT2D eigenvalue weighted by Gasteiger charge is 2.20. The van der Waals surface area contributed by atoms with E-state index in [2.05, 4.69) is 113 Å². The lowest BCUT2D eigenvalue weighted by Gasteiger charge is -2.24. The van der Waals surface area contributed by atoms with Crippen LogP contribution in [0.3, 0.4) is 0 Å². The molecule has 158 valence electrons. The molecule has 0 aromatic heterocycles. The maximum Gasteiger partial charge on any atom is 0.00918 e. The van der Waals surface area contributed by atoms with Gasteiger partial charge in [0.25, 0.3) is 0 Å². The predicted octanol–water partition coefficient (Wildman–Crippen LogP) is 8.82. The summed E-state index contributed by atoms with van der Waals surface area (Å²) >= 11 is 0. The highest BCUT2D eigenvalue weighted by molar-refractivity contribution is 5.38. The summed E-state index contributed by atoms with van der Waals surface area (Å²) in [5.74, 6) is 2.38. The second kappa shape index (κ2) is 11.2. The normalized spacial score (nSPS) is 15.3. The van der Waals surface area contributed by atoms with E-state index in [0.717, 1.165) is 11.8 Å².